The average Bonchev–Trinajstić information content (AvgIpc) is 1.63. The predicted molar refractivity (Wildman–Crippen MR) is 499 cm³/mol. The molecule has 5 aliphatic carbocycles. The smallest absolute Gasteiger partial charge is 0.237 e. The van der Waals surface area contributed by atoms with E-state index in [0.29, 0.717) is 98.6 Å². The number of carboxylic acids is 2. The van der Waals surface area contributed by atoms with Crippen molar-refractivity contribution in [3.8, 4) is 23.5 Å². The van der Waals surface area contributed by atoms with Crippen LogP contribution in [0.2, 0.25) is 5.15 Å². The maximum absolute atomic E-state index is 12.8. The summed E-state index contributed by atoms with van der Waals surface area (Å²) in [4.78, 5) is 126. The first-order valence-corrected chi connectivity index (χ1v) is 46.9. The maximum atomic E-state index is 12.8. The SMILES string of the molecule is CCOC(=O)c1cnn2c(N(C)C(=O)OC(C)(C)C)cc(Nc3cccnc3OC3CC3)nc12.CCOC(=O)c1cnn2c(N(C)C)cc(Cl)nc12.CN(C(=O)OC(C)(C)C)c1cc(Nc2cccnc2OC2CC2)nc2c(C(=O)O)cnn12.CN(C(=O)OC(C)(C)C)c1cc(Nc2cccnc2OC2CC2)nc2c(C(=O)O)cnn12.N[I-]C[C@H]1CC[C@H](O)C1.Nc1cccnc1OC1CC1. The van der Waals surface area contributed by atoms with Crippen molar-refractivity contribution in [3.63, 3.8) is 0 Å². The first-order valence-electron chi connectivity index (χ1n) is 43.7. The van der Waals surface area contributed by atoms with Gasteiger partial charge < -0.3 is 79.4 Å². The van der Waals surface area contributed by atoms with Gasteiger partial charge in [-0.15, -0.1) is 0 Å². The molecular weight excluding hydrogens is 1900 g/mol. The zero-order chi connectivity index (χ0) is 98.2. The average molecular weight is 2010 g/mol. The normalized spacial score (nSPS) is 14.9. The number of hydrogen-bond donors (Lipinski definition) is 8. The number of ether oxygens (including phenoxy) is 9. The van der Waals surface area contributed by atoms with Gasteiger partial charge >= 0.3 is 108 Å². The van der Waals surface area contributed by atoms with Gasteiger partial charge in [0.1, 0.15) is 126 Å². The molecule has 0 bridgehead atoms. The Morgan fingerprint density at radius 2 is 0.772 bits per heavy atom. The second-order valence-corrected chi connectivity index (χ2v) is 37.1. The molecule has 46 heteroatoms. The number of aliphatic hydroxyl groups excluding tert-OH is 1. The van der Waals surface area contributed by atoms with Crippen molar-refractivity contribution >= 4 is 140 Å². The van der Waals surface area contributed by atoms with Gasteiger partial charge in [-0.2, -0.15) is 38.5 Å². The Bertz CT molecular complexity index is 6070. The van der Waals surface area contributed by atoms with E-state index in [-0.39, 0.29) is 97.8 Å². The molecule has 12 heterocycles. The van der Waals surface area contributed by atoms with E-state index in [0.717, 1.165) is 75.9 Å². The van der Waals surface area contributed by atoms with Gasteiger partial charge in [0, 0.05) is 84.3 Å². The van der Waals surface area contributed by atoms with Gasteiger partial charge in [0.05, 0.1) is 43.7 Å². The number of nitrogens with two attached hydrogens (primary N) is 2. The molecule has 12 aromatic heterocycles. The van der Waals surface area contributed by atoms with Crippen LogP contribution >= 0.6 is 11.6 Å². The number of carboxylic acid groups (broad SMARTS) is 2. The number of rotatable bonds is 26. The first kappa shape index (κ1) is 101. The van der Waals surface area contributed by atoms with Crippen molar-refractivity contribution in [1.82, 2.24) is 78.3 Å². The molecule has 3 amide bonds. The standard InChI is InChI=1S/C23H28N6O5.2C21H24N6O5.C11H13ClN4O2.C8H10N2O.C6H13INO/c1-6-32-21(30)15-13-25-29-18(28(5)22(31)34-23(2,3)4)12-17(27-19(15)29)26-16-8-7-11-24-20(16)33-14-9-10-14;2*1-21(2,3)32-20(30)26(4)16-10-15(25-17-13(19(28)29)11-23-27(16)17)24-14-6-5-9-22-18(14)31-12-7-8-12;1-4-18-11(17)7-6-13-16-9(15(2)3)5-8(12)14-10(7)16;9-7-2-1-5-10-8(7)11-6-3-4-6;8-7-4-5-1-2-6(9)3-5/h7-8,11-14H,6,9-10H2,1-5H3,(H,26,27);2*5-6,9-12H,7-8H2,1-4H3,(H,24,25)(H,28,29);5-6H,4H2,1-3H3;1-2,5-6H,3-4,9H2;5-6,9H,1-4,8H2/q;;;;;-1/t;;;;;5-,6-/m.....0/s1. The van der Waals surface area contributed by atoms with Gasteiger partial charge in [-0.1, -0.05) is 11.6 Å². The quantitative estimate of drug-likeness (QED) is 0.00623. The summed E-state index contributed by atoms with van der Waals surface area (Å²) in [6.07, 6.45) is 22.1. The molecule has 12 aromatic rings. The number of aromatic carboxylic acids is 2. The van der Waals surface area contributed by atoms with Crippen LogP contribution in [0, 0.1) is 5.92 Å². The maximum Gasteiger partial charge on any atom is 0.237 e. The molecule has 136 heavy (non-hydrogen) atoms. The molecule has 0 aromatic carbocycles. The molecule has 0 saturated heterocycles. The first-order chi connectivity index (χ1) is 64.6. The third kappa shape index (κ3) is 27.8. The van der Waals surface area contributed by atoms with Gasteiger partial charge in [-0.25, -0.2) is 73.4 Å². The van der Waals surface area contributed by atoms with Crippen LogP contribution in [-0.2, 0) is 23.7 Å². The molecule has 0 radical (unpaired) electrons. The van der Waals surface area contributed by atoms with Crippen molar-refractivity contribution in [2.24, 2.45) is 9.86 Å². The molecule has 5 aliphatic rings. The van der Waals surface area contributed by atoms with Crippen molar-refractivity contribution in [2.75, 3.05) is 94.2 Å². The summed E-state index contributed by atoms with van der Waals surface area (Å²) in [5.74, 6) is 1.81. The number of nitrogen functional groups attached to an aromatic ring is 1. The Labute approximate surface area is 798 Å². The van der Waals surface area contributed by atoms with Gasteiger partial charge in [0.15, 0.2) is 22.6 Å². The van der Waals surface area contributed by atoms with Crippen LogP contribution in [0.4, 0.5) is 77.9 Å². The van der Waals surface area contributed by atoms with E-state index in [1.54, 1.807) is 179 Å². The van der Waals surface area contributed by atoms with Gasteiger partial charge in [0.25, 0.3) is 0 Å². The molecule has 726 valence electrons. The fraction of sp³-hybridized carbons (Fsp3) is 0.433. The van der Waals surface area contributed by atoms with Crippen LogP contribution in [0.3, 0.4) is 0 Å². The zero-order valence-corrected chi connectivity index (χ0v) is 81.1. The number of pyridine rings is 4. The van der Waals surface area contributed by atoms with Gasteiger partial charge in [-0.3, -0.25) is 14.7 Å². The van der Waals surface area contributed by atoms with E-state index in [2.05, 4.69) is 76.2 Å². The van der Waals surface area contributed by atoms with E-state index in [1.807, 2.05) is 25.1 Å². The van der Waals surface area contributed by atoms with Crippen molar-refractivity contribution < 1.29 is 113 Å². The Balaban J connectivity index is 0.000000154. The third-order valence-electron chi connectivity index (χ3n) is 19.7. The number of alkyl halides is 1. The molecule has 0 unspecified atom stereocenters. The van der Waals surface area contributed by atoms with Crippen LogP contribution in [0.15, 0.2) is 122 Å². The van der Waals surface area contributed by atoms with Crippen molar-refractivity contribution in [2.45, 2.75) is 194 Å². The van der Waals surface area contributed by atoms with Crippen LogP contribution in [-0.4, -0.2) is 236 Å². The van der Waals surface area contributed by atoms with Crippen molar-refractivity contribution in [3.05, 3.63) is 150 Å². The summed E-state index contributed by atoms with van der Waals surface area (Å²) in [5.41, 5.74) is 6.90. The zero-order valence-electron chi connectivity index (χ0n) is 78.1. The summed E-state index contributed by atoms with van der Waals surface area (Å²) in [6.45, 7) is 19.9. The van der Waals surface area contributed by atoms with Gasteiger partial charge in [-0.05, 0) is 176 Å². The fourth-order valence-corrected chi connectivity index (χ4v) is 14.3. The number of carbonyl (C=O) groups is 7. The number of nitrogens with zero attached hydrogens (tertiary/aromatic N) is 20. The van der Waals surface area contributed by atoms with Crippen LogP contribution in [0.1, 0.15) is 188 Å². The molecule has 17 rings (SSSR count). The van der Waals surface area contributed by atoms with Crippen LogP contribution in [0.5, 0.6) is 23.5 Å². The summed E-state index contributed by atoms with van der Waals surface area (Å²) in [5, 5.41) is 54.6. The van der Waals surface area contributed by atoms with E-state index in [4.69, 9.17) is 69.0 Å². The number of aromatic nitrogens is 16. The fourth-order valence-electron chi connectivity index (χ4n) is 12.6. The number of hydrogen-bond acceptors (Lipinski definition) is 35. The summed E-state index contributed by atoms with van der Waals surface area (Å²) < 4.78 is 61.7. The van der Waals surface area contributed by atoms with E-state index in [9.17, 15) is 43.8 Å². The number of carbonyl (C=O) groups excluding carboxylic acids is 5. The second-order valence-electron chi connectivity index (χ2n) is 34.9. The largest absolute Gasteiger partial charge is 0.473 e. The van der Waals surface area contributed by atoms with Crippen LogP contribution < -0.4 is 85.7 Å². The molecular formula is C90H112ClIN25O19-. The number of amides is 3. The van der Waals surface area contributed by atoms with E-state index < -0.39 is 59.0 Å². The van der Waals surface area contributed by atoms with Gasteiger partial charge in [0.2, 0.25) is 23.5 Å². The molecule has 5 fully saturated rings. The third-order valence-corrected chi connectivity index (χ3v) is 21.6. The molecule has 2 atom stereocenters. The number of aliphatic hydroxyl groups is 1. The Morgan fingerprint density at radius 3 is 1.07 bits per heavy atom. The minimum absolute atomic E-state index is 0.00874. The molecule has 0 aliphatic heterocycles. The summed E-state index contributed by atoms with van der Waals surface area (Å²) in [7, 11) is 8.30. The Kier molecular flexibility index (Phi) is 32.9. The Hall–Kier alpha value is -14.1. The number of esters is 2. The van der Waals surface area contributed by atoms with Crippen molar-refractivity contribution in [1.29, 1.82) is 0 Å². The Morgan fingerprint density at radius 1 is 0.456 bits per heavy atom. The minimum Gasteiger partial charge on any atom is -0.473 e. The molecule has 5 saturated carbocycles. The number of fused-ring (bicyclic) bond motifs is 4. The summed E-state index contributed by atoms with van der Waals surface area (Å²) in [6, 6.07) is 20.7. The second kappa shape index (κ2) is 44.4. The molecule has 0 spiro atoms. The number of nitrogens with one attached hydrogen (secondary N) is 3. The molecule has 44 nitrogen and oxygen atoms in total. The van der Waals surface area contributed by atoms with E-state index in [1.165, 1.54) is 78.0 Å². The summed E-state index contributed by atoms with van der Waals surface area (Å²) >= 11 is 5.91. The van der Waals surface area contributed by atoms with Crippen LogP contribution in [0.25, 0.3) is 22.6 Å². The topological polar surface area (TPSA) is 537 Å². The number of halogens is 2. The van der Waals surface area contributed by atoms with E-state index >= 15 is 0 Å². The predicted octanol–water partition coefficient (Wildman–Crippen LogP) is 10.9. The monoisotopic (exact) mass is 2010 g/mol. The number of anilines is 11. The minimum atomic E-state index is -1.19. The molecule has 10 N–H and O–H groups in total.